The first kappa shape index (κ1) is 28.6. The van der Waals surface area contributed by atoms with Crippen molar-refractivity contribution in [1.82, 2.24) is 0 Å². The van der Waals surface area contributed by atoms with E-state index >= 15 is 0 Å². The van der Waals surface area contributed by atoms with Crippen LogP contribution in [0.5, 0.6) is 0 Å². The molecule has 1 aromatic rings. The summed E-state index contributed by atoms with van der Waals surface area (Å²) in [6, 6.07) is 12.0. The summed E-state index contributed by atoms with van der Waals surface area (Å²) in [5.41, 5.74) is 0. The third kappa shape index (κ3) is 60.2. The minimum absolute atomic E-state index is 0.229. The Morgan fingerprint density at radius 2 is 0.588 bits per heavy atom. The summed E-state index contributed by atoms with van der Waals surface area (Å²) < 4.78 is -0.458. The predicted molar refractivity (Wildman–Crippen MR) is 150 cm³/mol. The number of halogens is 8. The summed E-state index contributed by atoms with van der Waals surface area (Å²) in [6.45, 7) is 0. The molecule has 0 N–H and O–H groups in total. The third-order valence-corrected chi connectivity index (χ3v) is 0.667. The standard InChI is InChI=1S/C6H6.2Al.8HI.Ti/c1-2-4-6-5-3-1;;;;;;;;;;;/h1-6H;;;8*1H;/q;2*+3;;;;;;;;;+2/p-8. The fourth-order valence-corrected chi connectivity index (χ4v) is 0.385. The molecule has 0 saturated carbocycles. The first-order valence-electron chi connectivity index (χ1n) is 3.69. The van der Waals surface area contributed by atoms with Crippen molar-refractivity contribution < 1.29 is 11.7 Å². The van der Waals surface area contributed by atoms with Gasteiger partial charge in [-0.2, -0.15) is 122 Å². The van der Waals surface area contributed by atoms with Gasteiger partial charge in [-0.1, -0.05) is 36.4 Å². The molecule has 17 heavy (non-hydrogen) atoms. The molecular weight excluding hydrogens is 1190 g/mol. The molecule has 0 radical (unpaired) electrons. The molecule has 0 aliphatic rings. The first-order valence-corrected chi connectivity index (χ1v) is 38.8. The van der Waals surface area contributed by atoms with Crippen LogP contribution in [0.25, 0.3) is 0 Å². The Labute approximate surface area is 209 Å². The smallest absolute Gasteiger partial charge is 0.0623 e. The molecule has 0 fully saturated rings. The first-order chi connectivity index (χ1) is 7.88. The van der Waals surface area contributed by atoms with Crippen molar-refractivity contribution in [3.63, 3.8) is 0 Å². The van der Waals surface area contributed by atoms with Crippen LogP contribution in [0.4, 0.5) is 0 Å². The van der Waals surface area contributed by atoms with E-state index in [1.165, 1.54) is 0 Å². The summed E-state index contributed by atoms with van der Waals surface area (Å²) in [4.78, 5) is 0. The molecular formula is C6H6Al2I8Ti. The summed E-state index contributed by atoms with van der Waals surface area (Å²) in [5.74, 6) is 0. The minimum Gasteiger partial charge on any atom is -0.0623 e. The Morgan fingerprint density at radius 1 is 0.529 bits per heavy atom. The van der Waals surface area contributed by atoms with Crippen molar-refractivity contribution in [3.05, 3.63) is 36.4 Å². The Kier molecular flexibility index (Phi) is 46.6. The Bertz CT molecular complexity index is 164. The van der Waals surface area contributed by atoms with Crippen molar-refractivity contribution >= 4 is 169 Å². The van der Waals surface area contributed by atoms with Crippen molar-refractivity contribution in [3.8, 4) is 0 Å². The van der Waals surface area contributed by atoms with Crippen LogP contribution in [-0.4, -0.2) is 8.60 Å². The Morgan fingerprint density at radius 3 is 0.647 bits per heavy atom. The van der Waals surface area contributed by atoms with E-state index in [0.717, 1.165) is 0 Å². The summed E-state index contributed by atoms with van der Waals surface area (Å²) in [7, 11) is 0. The van der Waals surface area contributed by atoms with Gasteiger partial charge in [-0.15, -0.1) is 0 Å². The van der Waals surface area contributed by atoms with Crippen molar-refractivity contribution in [2.24, 2.45) is 0 Å². The number of hydrogen-bond donors (Lipinski definition) is 0. The molecule has 0 saturated heterocycles. The zero-order chi connectivity index (χ0) is 14.1. The predicted octanol–water partition coefficient (Wildman–Crippen LogP) is 8.01. The Hall–Kier alpha value is 6.84. The van der Waals surface area contributed by atoms with Crippen molar-refractivity contribution in [2.45, 2.75) is 0 Å². The van der Waals surface area contributed by atoms with Crippen LogP contribution >= 0.6 is 160 Å². The second kappa shape index (κ2) is 27.7. The molecule has 0 atom stereocenters. The fraction of sp³-hybridized carbons (Fsp3) is 0. The van der Waals surface area contributed by atoms with Gasteiger partial charge >= 0.3 is 58.6 Å². The van der Waals surface area contributed by atoms with Gasteiger partial charge in [-0.05, 0) is 0 Å². The van der Waals surface area contributed by atoms with Crippen molar-refractivity contribution in [1.29, 1.82) is 0 Å². The minimum atomic E-state index is -0.229. The zero-order valence-corrected chi connectivity index (χ0v) is 29.3. The molecule has 1 rings (SSSR count). The van der Waals surface area contributed by atoms with Crippen LogP contribution in [0.15, 0.2) is 36.4 Å². The molecule has 0 amide bonds. The maximum absolute atomic E-state index is 2.46. The van der Waals surface area contributed by atoms with Gasteiger partial charge in [0, 0.05) is 0 Å². The normalized spacial score (nSPS) is 6.82. The molecule has 0 aromatic heterocycles. The van der Waals surface area contributed by atoms with Gasteiger partial charge in [0.15, 0.2) is 0 Å². The van der Waals surface area contributed by atoms with Gasteiger partial charge in [0.25, 0.3) is 0 Å². The van der Waals surface area contributed by atoms with E-state index in [9.17, 15) is 0 Å². The van der Waals surface area contributed by atoms with Crippen LogP contribution in [0.1, 0.15) is 0 Å². The molecule has 0 heterocycles. The summed E-state index contributed by atoms with van der Waals surface area (Å²) >= 11 is 20.0. The van der Waals surface area contributed by atoms with E-state index in [0.29, 0.717) is 11.7 Å². The van der Waals surface area contributed by atoms with Crippen molar-refractivity contribution in [2.75, 3.05) is 0 Å². The summed E-state index contributed by atoms with van der Waals surface area (Å²) in [6.07, 6.45) is 0. The summed E-state index contributed by atoms with van der Waals surface area (Å²) in [5, 5.41) is 0. The van der Waals surface area contributed by atoms with Crippen LogP contribution < -0.4 is 0 Å². The van der Waals surface area contributed by atoms with E-state index in [1.807, 2.05) is 36.4 Å². The molecule has 0 aliphatic heterocycles. The molecule has 0 aliphatic carbocycles. The number of benzene rings is 1. The van der Waals surface area contributed by atoms with Gasteiger partial charge in [-0.25, -0.2) is 0 Å². The quantitative estimate of drug-likeness (QED) is 0.183. The topological polar surface area (TPSA) is 0 Å². The maximum atomic E-state index is 2.46. The molecule has 1 aromatic carbocycles. The number of hydrogen-bond acceptors (Lipinski definition) is 0. The second-order valence-electron chi connectivity index (χ2n) is 1.72. The molecule has 0 spiro atoms. The largest absolute Gasteiger partial charge is 0.0623 e. The average Bonchev–Trinajstić information content (AvgIpc) is 2.19. The van der Waals surface area contributed by atoms with Crippen LogP contribution in [0.2, 0.25) is 0 Å². The van der Waals surface area contributed by atoms with E-state index in [4.69, 9.17) is 0 Å². The van der Waals surface area contributed by atoms with Crippen LogP contribution in [0, 0.1) is 0 Å². The monoisotopic (exact) mass is 1200 g/mol. The maximum Gasteiger partial charge on any atom is -0.0623 e. The van der Waals surface area contributed by atoms with Gasteiger partial charge in [0.1, 0.15) is 0 Å². The second-order valence-corrected chi connectivity index (χ2v) is 81.2. The van der Waals surface area contributed by atoms with Gasteiger partial charge in [0.2, 0.25) is 0 Å². The van der Waals surface area contributed by atoms with E-state index in [2.05, 4.69) is 160 Å². The molecule has 0 nitrogen and oxygen atoms in total. The van der Waals surface area contributed by atoms with Gasteiger partial charge in [0.05, 0.1) is 0 Å². The number of rotatable bonds is 0. The molecule has 11 heteroatoms. The van der Waals surface area contributed by atoms with Gasteiger partial charge in [-0.3, -0.25) is 0 Å². The van der Waals surface area contributed by atoms with E-state index < -0.39 is 0 Å². The van der Waals surface area contributed by atoms with Crippen LogP contribution in [-0.2, 0) is 11.7 Å². The van der Waals surface area contributed by atoms with E-state index in [1.54, 1.807) is 0 Å². The molecule has 0 bridgehead atoms. The Balaban J connectivity index is -0.000000161. The molecule has 96 valence electrons. The average molecular weight is 1200 g/mol. The van der Waals surface area contributed by atoms with Crippen LogP contribution in [0.3, 0.4) is 0 Å². The molecule has 0 unspecified atom stereocenters. The van der Waals surface area contributed by atoms with E-state index in [-0.39, 0.29) is 8.60 Å². The SMILES string of the molecule is [I][Al]([I])[I].[I][Al]([I])[I].[I][Ti][I].c1ccccc1. The third-order valence-electron chi connectivity index (χ3n) is 0.667. The zero-order valence-electron chi connectivity index (χ0n) is 8.14. The fourth-order valence-electron chi connectivity index (χ4n) is 0.385. The van der Waals surface area contributed by atoms with Gasteiger partial charge < -0.3 is 0 Å².